The van der Waals surface area contributed by atoms with E-state index in [2.05, 4.69) is 0 Å². The summed E-state index contributed by atoms with van der Waals surface area (Å²) in [5.74, 6) is -0.774. The number of hydrogen-bond donors (Lipinski definition) is 1. The highest BCUT2D eigenvalue weighted by atomic mass is 35.5. The lowest BCUT2D eigenvalue weighted by Crippen LogP contribution is -2.38. The topological polar surface area (TPSA) is 37.3 Å². The van der Waals surface area contributed by atoms with Gasteiger partial charge in [-0.3, -0.25) is 4.79 Å². The predicted octanol–water partition coefficient (Wildman–Crippen LogP) is 3.39. The van der Waals surface area contributed by atoms with Crippen LogP contribution in [0.4, 0.5) is 0 Å². The first-order chi connectivity index (χ1) is 7.62. The molecule has 2 atom stereocenters. The largest absolute Gasteiger partial charge is 0.481 e. The Morgan fingerprint density at radius 1 is 1.56 bits per heavy atom. The lowest BCUT2D eigenvalue weighted by molar-refractivity contribution is -0.150. The highest BCUT2D eigenvalue weighted by Gasteiger charge is 2.47. The number of aryl methyl sites for hydroxylation is 1. The molecule has 0 bridgehead atoms. The summed E-state index contributed by atoms with van der Waals surface area (Å²) in [4.78, 5) is 11.4. The third-order valence-corrected chi connectivity index (χ3v) is 4.36. The molecule has 16 heavy (non-hydrogen) atoms. The minimum atomic E-state index is -0.796. The van der Waals surface area contributed by atoms with Crippen molar-refractivity contribution in [2.45, 2.75) is 31.6 Å². The van der Waals surface area contributed by atoms with Gasteiger partial charge in [-0.2, -0.15) is 0 Å². The quantitative estimate of drug-likeness (QED) is 0.802. The summed E-state index contributed by atoms with van der Waals surface area (Å²) in [5, 5.41) is 8.98. The molecule has 1 aromatic carbocycles. The minimum absolute atomic E-state index is 0.417. The Hall–Kier alpha value is -1.02. The average Bonchev–Trinajstić information content (AvgIpc) is 2.30. The van der Waals surface area contributed by atoms with Crippen molar-refractivity contribution in [1.29, 1.82) is 0 Å². The monoisotopic (exact) mass is 238 g/mol. The van der Waals surface area contributed by atoms with E-state index in [0.717, 1.165) is 12.0 Å². The van der Waals surface area contributed by atoms with Crippen molar-refractivity contribution in [1.82, 2.24) is 0 Å². The number of alkyl halides is 1. The fourth-order valence-corrected chi connectivity index (χ4v) is 3.08. The van der Waals surface area contributed by atoms with Crippen LogP contribution in [0.1, 0.15) is 36.3 Å². The van der Waals surface area contributed by atoms with Crippen molar-refractivity contribution >= 4 is 17.6 Å². The molecule has 0 amide bonds. The van der Waals surface area contributed by atoms with E-state index in [1.165, 1.54) is 5.56 Å². The second-order valence-electron chi connectivity index (χ2n) is 4.38. The maximum absolute atomic E-state index is 11.4. The lowest BCUT2D eigenvalue weighted by atomic mass is 9.69. The van der Waals surface area contributed by atoms with Crippen molar-refractivity contribution in [2.75, 3.05) is 0 Å². The van der Waals surface area contributed by atoms with Crippen LogP contribution in [0.15, 0.2) is 24.3 Å². The molecule has 0 saturated carbocycles. The van der Waals surface area contributed by atoms with Crippen LogP contribution in [0, 0.1) is 5.41 Å². The van der Waals surface area contributed by atoms with Crippen molar-refractivity contribution in [3.8, 4) is 0 Å². The van der Waals surface area contributed by atoms with Crippen LogP contribution in [0.5, 0.6) is 0 Å². The van der Waals surface area contributed by atoms with Gasteiger partial charge in [-0.1, -0.05) is 31.2 Å². The summed E-state index contributed by atoms with van der Waals surface area (Å²) in [5.41, 5.74) is 1.38. The predicted molar refractivity (Wildman–Crippen MR) is 63.7 cm³/mol. The summed E-state index contributed by atoms with van der Waals surface area (Å²) in [6.45, 7) is 1.90. The first-order valence-electron chi connectivity index (χ1n) is 5.57. The first kappa shape index (κ1) is 11.5. The molecule has 2 nitrogen and oxygen atoms in total. The fraction of sp³-hybridized carbons (Fsp3) is 0.462. The van der Waals surface area contributed by atoms with E-state index in [9.17, 15) is 9.90 Å². The average molecular weight is 239 g/mol. The van der Waals surface area contributed by atoms with E-state index in [1.54, 1.807) is 0 Å². The van der Waals surface area contributed by atoms with Crippen LogP contribution in [-0.2, 0) is 11.2 Å². The second kappa shape index (κ2) is 4.10. The van der Waals surface area contributed by atoms with Gasteiger partial charge in [0.05, 0.1) is 10.8 Å². The Bertz CT molecular complexity index is 416. The second-order valence-corrected chi connectivity index (χ2v) is 4.81. The SMILES string of the molecule is CCC1(C(=O)O)CCc2ccccc2C1Cl. The van der Waals surface area contributed by atoms with Crippen molar-refractivity contribution in [2.24, 2.45) is 5.41 Å². The Morgan fingerprint density at radius 2 is 2.25 bits per heavy atom. The maximum Gasteiger partial charge on any atom is 0.311 e. The van der Waals surface area contributed by atoms with Crippen LogP contribution >= 0.6 is 11.6 Å². The van der Waals surface area contributed by atoms with E-state index >= 15 is 0 Å². The number of aliphatic carboxylic acids is 1. The van der Waals surface area contributed by atoms with Crippen molar-refractivity contribution < 1.29 is 9.90 Å². The third-order valence-electron chi connectivity index (χ3n) is 3.71. The summed E-state index contributed by atoms with van der Waals surface area (Å²) >= 11 is 6.38. The third kappa shape index (κ3) is 1.52. The van der Waals surface area contributed by atoms with Gasteiger partial charge in [-0.15, -0.1) is 11.6 Å². The normalized spacial score (nSPS) is 28.5. The molecule has 86 valence electrons. The van der Waals surface area contributed by atoms with E-state index in [-0.39, 0.29) is 0 Å². The molecule has 0 aliphatic heterocycles. The molecule has 2 rings (SSSR count). The van der Waals surface area contributed by atoms with E-state index < -0.39 is 16.8 Å². The van der Waals surface area contributed by atoms with Gasteiger partial charge >= 0.3 is 5.97 Å². The molecular formula is C13H15ClO2. The van der Waals surface area contributed by atoms with Gasteiger partial charge < -0.3 is 5.11 Å². The number of hydrogen-bond acceptors (Lipinski definition) is 1. The maximum atomic E-state index is 11.4. The van der Waals surface area contributed by atoms with Crippen LogP contribution in [0.2, 0.25) is 0 Å². The molecule has 1 aliphatic carbocycles. The molecule has 3 heteroatoms. The molecular weight excluding hydrogens is 224 g/mol. The first-order valence-corrected chi connectivity index (χ1v) is 6.00. The van der Waals surface area contributed by atoms with Crippen LogP contribution in [0.3, 0.4) is 0 Å². The fourth-order valence-electron chi connectivity index (χ4n) is 2.51. The zero-order chi connectivity index (χ0) is 11.8. The molecule has 0 heterocycles. The Morgan fingerprint density at radius 3 is 2.88 bits per heavy atom. The number of rotatable bonds is 2. The molecule has 1 aromatic rings. The Balaban J connectivity index is 2.47. The number of benzene rings is 1. The van der Waals surface area contributed by atoms with Gasteiger partial charge in [-0.25, -0.2) is 0 Å². The number of fused-ring (bicyclic) bond motifs is 1. The van der Waals surface area contributed by atoms with E-state index in [4.69, 9.17) is 11.6 Å². The van der Waals surface area contributed by atoms with E-state index in [1.807, 2.05) is 31.2 Å². The summed E-state index contributed by atoms with van der Waals surface area (Å²) in [7, 11) is 0. The highest BCUT2D eigenvalue weighted by Crippen LogP contribution is 2.50. The molecule has 1 N–H and O–H groups in total. The molecule has 1 aliphatic rings. The van der Waals surface area contributed by atoms with Crippen molar-refractivity contribution in [3.05, 3.63) is 35.4 Å². The number of carbonyl (C=O) groups is 1. The molecule has 0 saturated heterocycles. The standard InChI is InChI=1S/C13H15ClO2/c1-2-13(12(15)16)8-7-9-5-3-4-6-10(9)11(13)14/h3-6,11H,2,7-8H2,1H3,(H,15,16). The van der Waals surface area contributed by atoms with Crippen LogP contribution in [-0.4, -0.2) is 11.1 Å². The molecule has 0 radical (unpaired) electrons. The number of carboxylic acids is 1. The molecule has 0 aromatic heterocycles. The summed E-state index contributed by atoms with van der Waals surface area (Å²) in [6.07, 6.45) is 2.01. The van der Waals surface area contributed by atoms with Gasteiger partial charge in [0.1, 0.15) is 0 Å². The Labute approximate surface area is 100 Å². The van der Waals surface area contributed by atoms with Crippen LogP contribution in [0.25, 0.3) is 0 Å². The highest BCUT2D eigenvalue weighted by molar-refractivity contribution is 6.23. The van der Waals surface area contributed by atoms with Gasteiger partial charge in [-0.05, 0) is 30.4 Å². The zero-order valence-electron chi connectivity index (χ0n) is 9.24. The van der Waals surface area contributed by atoms with Crippen LogP contribution < -0.4 is 0 Å². The van der Waals surface area contributed by atoms with E-state index in [0.29, 0.717) is 12.8 Å². The number of carboxylic acid groups (broad SMARTS) is 1. The summed E-state index contributed by atoms with van der Waals surface area (Å²) in [6, 6.07) is 7.87. The van der Waals surface area contributed by atoms with Gasteiger partial charge in [0.15, 0.2) is 0 Å². The van der Waals surface area contributed by atoms with Gasteiger partial charge in [0.2, 0.25) is 0 Å². The van der Waals surface area contributed by atoms with Crippen molar-refractivity contribution in [3.63, 3.8) is 0 Å². The smallest absolute Gasteiger partial charge is 0.311 e. The zero-order valence-corrected chi connectivity index (χ0v) is 10.00. The van der Waals surface area contributed by atoms with Gasteiger partial charge in [0.25, 0.3) is 0 Å². The lowest BCUT2D eigenvalue weighted by Gasteiger charge is -2.38. The molecule has 0 spiro atoms. The summed E-state index contributed by atoms with van der Waals surface area (Å²) < 4.78 is 0. The molecule has 0 fully saturated rings. The Kier molecular flexibility index (Phi) is 2.94. The van der Waals surface area contributed by atoms with Gasteiger partial charge in [0, 0.05) is 0 Å². The minimum Gasteiger partial charge on any atom is -0.481 e. The molecule has 2 unspecified atom stereocenters. The number of halogens is 1.